The molecule has 1 atom stereocenters. The van der Waals surface area contributed by atoms with E-state index in [0.717, 1.165) is 11.3 Å². The maximum Gasteiger partial charge on any atom is 0.308 e. The molecule has 1 rings (SSSR count). The average molecular weight is 287 g/mol. The van der Waals surface area contributed by atoms with Gasteiger partial charge < -0.3 is 5.11 Å². The van der Waals surface area contributed by atoms with E-state index in [1.165, 1.54) is 12.1 Å². The van der Waals surface area contributed by atoms with Crippen LogP contribution in [0.15, 0.2) is 16.3 Å². The van der Waals surface area contributed by atoms with Gasteiger partial charge in [-0.05, 0) is 18.6 Å². The lowest BCUT2D eigenvalue weighted by Gasteiger charge is -2.09. The van der Waals surface area contributed by atoms with Crippen LogP contribution >= 0.6 is 11.3 Å². The number of carboxylic acid groups (broad SMARTS) is 1. The van der Waals surface area contributed by atoms with E-state index < -0.39 is 22.0 Å². The van der Waals surface area contributed by atoms with Crippen molar-refractivity contribution >= 4 is 27.3 Å². The molecule has 0 aromatic carbocycles. The molecule has 98 valence electrons. The van der Waals surface area contributed by atoms with Gasteiger partial charge in [0.2, 0.25) is 0 Å². The molecule has 0 bridgehead atoms. The van der Waals surface area contributed by atoms with Gasteiger partial charge in [-0.15, -0.1) is 17.8 Å². The second-order valence-corrected chi connectivity index (χ2v) is 6.65. The Balaban J connectivity index is 2.89. The third kappa shape index (κ3) is 3.84. The Morgan fingerprint density at radius 3 is 2.78 bits per heavy atom. The van der Waals surface area contributed by atoms with Gasteiger partial charge in [-0.1, -0.05) is 12.8 Å². The molecule has 1 heterocycles. The van der Waals surface area contributed by atoms with Crippen LogP contribution in [0.2, 0.25) is 0 Å². The minimum absolute atomic E-state index is 0.0763. The third-order valence-corrected chi connectivity index (χ3v) is 5.18. The lowest BCUT2D eigenvalue weighted by Crippen LogP contribution is -2.32. The molecule has 7 heteroatoms. The first-order chi connectivity index (χ1) is 8.39. The minimum Gasteiger partial charge on any atom is -0.481 e. The van der Waals surface area contributed by atoms with Crippen molar-refractivity contribution in [2.24, 2.45) is 0 Å². The molecule has 1 aromatic rings. The van der Waals surface area contributed by atoms with Crippen LogP contribution in [0, 0.1) is 12.3 Å². The molecular weight excluding hydrogens is 274 g/mol. The van der Waals surface area contributed by atoms with E-state index in [9.17, 15) is 13.2 Å². The standard InChI is InChI=1S/C11H13NO4S2/c1-3-8(4-2)12-18(15,16)11-6-5-9(17-11)7-10(13)14/h1,5-6,8,12H,4,7H2,2H3,(H,13,14). The molecule has 18 heavy (non-hydrogen) atoms. The molecule has 1 aromatic heterocycles. The van der Waals surface area contributed by atoms with E-state index in [-0.39, 0.29) is 10.6 Å². The smallest absolute Gasteiger partial charge is 0.308 e. The van der Waals surface area contributed by atoms with Crippen molar-refractivity contribution < 1.29 is 18.3 Å². The normalized spacial score (nSPS) is 12.9. The Kier molecular flexibility index (Phi) is 4.90. The maximum absolute atomic E-state index is 11.9. The monoisotopic (exact) mass is 287 g/mol. The SMILES string of the molecule is C#CC(CC)NS(=O)(=O)c1ccc(CC(=O)O)s1. The fourth-order valence-electron chi connectivity index (χ4n) is 1.23. The molecule has 1 unspecified atom stereocenters. The summed E-state index contributed by atoms with van der Waals surface area (Å²) in [4.78, 5) is 11.0. The first-order valence-electron chi connectivity index (χ1n) is 5.18. The van der Waals surface area contributed by atoms with Crippen molar-refractivity contribution in [3.05, 3.63) is 17.0 Å². The number of carboxylic acids is 1. The Morgan fingerprint density at radius 2 is 2.28 bits per heavy atom. The van der Waals surface area contributed by atoms with Crippen LogP contribution in [-0.4, -0.2) is 25.5 Å². The number of nitrogens with one attached hydrogen (secondary N) is 1. The molecule has 0 amide bonds. The van der Waals surface area contributed by atoms with E-state index in [2.05, 4.69) is 10.6 Å². The predicted octanol–water partition coefficient (Wildman–Crippen LogP) is 1.07. The van der Waals surface area contributed by atoms with Crippen LogP contribution in [0.5, 0.6) is 0 Å². The summed E-state index contributed by atoms with van der Waals surface area (Å²) in [6, 6.07) is 2.32. The third-order valence-electron chi connectivity index (χ3n) is 2.13. The highest BCUT2D eigenvalue weighted by molar-refractivity contribution is 7.91. The summed E-state index contributed by atoms with van der Waals surface area (Å²) in [5.41, 5.74) is 0. The van der Waals surface area contributed by atoms with Gasteiger partial charge in [0, 0.05) is 4.88 Å². The number of sulfonamides is 1. The highest BCUT2D eigenvalue weighted by Gasteiger charge is 2.20. The fourth-order valence-corrected chi connectivity index (χ4v) is 3.83. The van der Waals surface area contributed by atoms with Crippen molar-refractivity contribution in [2.75, 3.05) is 0 Å². The van der Waals surface area contributed by atoms with Crippen molar-refractivity contribution in [1.29, 1.82) is 0 Å². The molecule has 0 spiro atoms. The minimum atomic E-state index is -3.67. The maximum atomic E-state index is 11.9. The summed E-state index contributed by atoms with van der Waals surface area (Å²) in [6.45, 7) is 1.78. The zero-order valence-electron chi connectivity index (χ0n) is 9.71. The van der Waals surface area contributed by atoms with E-state index in [1.807, 2.05) is 0 Å². The van der Waals surface area contributed by atoms with Crippen LogP contribution in [0.1, 0.15) is 18.2 Å². The van der Waals surface area contributed by atoms with Crippen molar-refractivity contribution in [2.45, 2.75) is 30.0 Å². The largest absolute Gasteiger partial charge is 0.481 e. The Bertz CT molecular complexity index is 568. The van der Waals surface area contributed by atoms with E-state index in [4.69, 9.17) is 11.5 Å². The topological polar surface area (TPSA) is 83.5 Å². The quantitative estimate of drug-likeness (QED) is 0.766. The highest BCUT2D eigenvalue weighted by atomic mass is 32.2. The number of carbonyl (C=O) groups is 1. The van der Waals surface area contributed by atoms with Crippen LogP contribution in [0.3, 0.4) is 0 Å². The first-order valence-corrected chi connectivity index (χ1v) is 7.48. The molecule has 2 N–H and O–H groups in total. The van der Waals surface area contributed by atoms with Crippen LogP contribution in [0.25, 0.3) is 0 Å². The molecule has 0 aliphatic carbocycles. The number of terminal acetylenes is 1. The molecule has 0 saturated heterocycles. The molecule has 5 nitrogen and oxygen atoms in total. The van der Waals surface area contributed by atoms with E-state index >= 15 is 0 Å². The van der Waals surface area contributed by atoms with Crippen molar-refractivity contribution in [1.82, 2.24) is 4.72 Å². The van der Waals surface area contributed by atoms with Gasteiger partial charge in [-0.3, -0.25) is 4.79 Å². The second-order valence-electron chi connectivity index (χ2n) is 3.54. The van der Waals surface area contributed by atoms with Gasteiger partial charge in [0.05, 0.1) is 12.5 Å². The summed E-state index contributed by atoms with van der Waals surface area (Å²) in [6.07, 6.45) is 5.49. The zero-order chi connectivity index (χ0) is 13.8. The number of hydrogen-bond acceptors (Lipinski definition) is 4. The van der Waals surface area contributed by atoms with Gasteiger partial charge >= 0.3 is 5.97 Å². The molecular formula is C11H13NO4S2. The first kappa shape index (κ1) is 14.7. The molecule has 0 fully saturated rings. The van der Waals surface area contributed by atoms with Gasteiger partial charge in [0.1, 0.15) is 4.21 Å². The number of thiophene rings is 1. The molecule has 0 radical (unpaired) electrons. The van der Waals surface area contributed by atoms with Crippen LogP contribution < -0.4 is 4.72 Å². The van der Waals surface area contributed by atoms with E-state index in [0.29, 0.717) is 11.3 Å². The summed E-state index contributed by atoms with van der Waals surface area (Å²) < 4.78 is 26.3. The van der Waals surface area contributed by atoms with Crippen molar-refractivity contribution in [3.8, 4) is 12.3 Å². The Morgan fingerprint density at radius 1 is 1.61 bits per heavy atom. The average Bonchev–Trinajstić information content (AvgIpc) is 2.74. The van der Waals surface area contributed by atoms with Crippen LogP contribution in [-0.2, 0) is 21.2 Å². The summed E-state index contributed by atoms with van der Waals surface area (Å²) in [5.74, 6) is 1.34. The van der Waals surface area contributed by atoms with Gasteiger partial charge in [-0.2, -0.15) is 4.72 Å². The number of hydrogen-bond donors (Lipinski definition) is 2. The summed E-state index contributed by atoms with van der Waals surface area (Å²) in [7, 11) is -3.67. The van der Waals surface area contributed by atoms with Gasteiger partial charge in [0.15, 0.2) is 0 Å². The molecule has 0 aliphatic heterocycles. The predicted molar refractivity (Wildman–Crippen MR) is 68.9 cm³/mol. The lowest BCUT2D eigenvalue weighted by molar-refractivity contribution is -0.136. The van der Waals surface area contributed by atoms with Gasteiger partial charge in [0.25, 0.3) is 10.0 Å². The fraction of sp³-hybridized carbons (Fsp3) is 0.364. The van der Waals surface area contributed by atoms with Gasteiger partial charge in [-0.25, -0.2) is 8.42 Å². The molecule has 0 aliphatic rings. The molecule has 0 saturated carbocycles. The Labute approximate surface area is 110 Å². The lowest BCUT2D eigenvalue weighted by atomic mass is 10.3. The second kappa shape index (κ2) is 6.00. The van der Waals surface area contributed by atoms with E-state index in [1.54, 1.807) is 6.92 Å². The zero-order valence-corrected chi connectivity index (χ0v) is 11.3. The highest BCUT2D eigenvalue weighted by Crippen LogP contribution is 2.22. The summed E-state index contributed by atoms with van der Waals surface area (Å²) in [5, 5.41) is 8.62. The van der Waals surface area contributed by atoms with Crippen molar-refractivity contribution in [3.63, 3.8) is 0 Å². The Hall–Kier alpha value is -1.36. The van der Waals surface area contributed by atoms with Crippen LogP contribution in [0.4, 0.5) is 0 Å². The number of rotatable bonds is 6. The summed E-state index contributed by atoms with van der Waals surface area (Å²) >= 11 is 0.931. The number of aliphatic carboxylic acids is 1.